The van der Waals surface area contributed by atoms with E-state index in [-0.39, 0.29) is 11.9 Å². The molecule has 1 aromatic rings. The number of guanidine groups is 1. The van der Waals surface area contributed by atoms with Crippen LogP contribution in [0.15, 0.2) is 35.3 Å². The SMILES string of the molecule is CN=C(NCCC(=O)NC(C)C)NCc1ccccc1. The van der Waals surface area contributed by atoms with E-state index in [1.54, 1.807) is 7.05 Å². The fourth-order valence-electron chi connectivity index (χ4n) is 1.69. The van der Waals surface area contributed by atoms with Gasteiger partial charge in [-0.3, -0.25) is 9.79 Å². The Kier molecular flexibility index (Phi) is 7.17. The highest BCUT2D eigenvalue weighted by molar-refractivity contribution is 5.81. The fourth-order valence-corrected chi connectivity index (χ4v) is 1.69. The molecular formula is C15H24N4O. The van der Waals surface area contributed by atoms with Crippen molar-refractivity contribution in [2.75, 3.05) is 13.6 Å². The monoisotopic (exact) mass is 276 g/mol. The third-order valence-electron chi connectivity index (χ3n) is 2.62. The molecule has 5 nitrogen and oxygen atoms in total. The molecule has 20 heavy (non-hydrogen) atoms. The highest BCUT2D eigenvalue weighted by atomic mass is 16.1. The number of amides is 1. The van der Waals surface area contributed by atoms with Crippen LogP contribution in [-0.2, 0) is 11.3 Å². The lowest BCUT2D eigenvalue weighted by molar-refractivity contribution is -0.121. The van der Waals surface area contributed by atoms with Gasteiger partial charge >= 0.3 is 0 Å². The number of aliphatic imine (C=N–C) groups is 1. The predicted octanol–water partition coefficient (Wildman–Crippen LogP) is 1.27. The number of carbonyl (C=O) groups is 1. The first kappa shape index (κ1) is 16.0. The molecule has 0 fully saturated rings. The predicted molar refractivity (Wildman–Crippen MR) is 82.5 cm³/mol. The second-order valence-corrected chi connectivity index (χ2v) is 4.81. The summed E-state index contributed by atoms with van der Waals surface area (Å²) < 4.78 is 0. The molecule has 5 heteroatoms. The molecule has 0 bridgehead atoms. The number of hydrogen-bond acceptors (Lipinski definition) is 2. The average molecular weight is 276 g/mol. The van der Waals surface area contributed by atoms with Gasteiger partial charge in [-0.25, -0.2) is 0 Å². The Morgan fingerprint density at radius 2 is 1.90 bits per heavy atom. The first-order valence-electron chi connectivity index (χ1n) is 6.89. The minimum atomic E-state index is 0.0472. The summed E-state index contributed by atoms with van der Waals surface area (Å²) >= 11 is 0. The molecule has 0 aliphatic rings. The van der Waals surface area contributed by atoms with Gasteiger partial charge in [0.1, 0.15) is 0 Å². The summed E-state index contributed by atoms with van der Waals surface area (Å²) in [5.41, 5.74) is 1.19. The van der Waals surface area contributed by atoms with Crippen LogP contribution in [0.5, 0.6) is 0 Å². The molecule has 0 saturated heterocycles. The first-order valence-corrected chi connectivity index (χ1v) is 6.89. The summed E-state index contributed by atoms with van der Waals surface area (Å²) in [7, 11) is 1.72. The van der Waals surface area contributed by atoms with E-state index in [0.717, 1.165) is 0 Å². The maximum atomic E-state index is 11.5. The zero-order valence-electron chi connectivity index (χ0n) is 12.4. The van der Waals surface area contributed by atoms with E-state index >= 15 is 0 Å². The van der Waals surface area contributed by atoms with Gasteiger partial charge in [0.15, 0.2) is 5.96 Å². The highest BCUT2D eigenvalue weighted by Gasteiger charge is 2.03. The van der Waals surface area contributed by atoms with E-state index in [2.05, 4.69) is 33.1 Å². The van der Waals surface area contributed by atoms with Crippen LogP contribution >= 0.6 is 0 Å². The Balaban J connectivity index is 2.25. The number of benzene rings is 1. The van der Waals surface area contributed by atoms with Gasteiger partial charge in [0.05, 0.1) is 0 Å². The molecule has 0 heterocycles. The summed E-state index contributed by atoms with van der Waals surface area (Å²) in [5.74, 6) is 0.747. The van der Waals surface area contributed by atoms with Crippen molar-refractivity contribution < 1.29 is 4.79 Å². The molecule has 0 aromatic heterocycles. The third-order valence-corrected chi connectivity index (χ3v) is 2.62. The molecule has 0 saturated carbocycles. The van der Waals surface area contributed by atoms with Crippen molar-refractivity contribution in [3.05, 3.63) is 35.9 Å². The summed E-state index contributed by atoms with van der Waals surface area (Å²) in [6.07, 6.45) is 0.435. The van der Waals surface area contributed by atoms with Crippen LogP contribution in [0.2, 0.25) is 0 Å². The van der Waals surface area contributed by atoms with Gasteiger partial charge in [-0.2, -0.15) is 0 Å². The number of carbonyl (C=O) groups excluding carboxylic acids is 1. The maximum absolute atomic E-state index is 11.5. The smallest absolute Gasteiger partial charge is 0.221 e. The zero-order chi connectivity index (χ0) is 14.8. The van der Waals surface area contributed by atoms with Gasteiger partial charge in [0, 0.05) is 32.6 Å². The molecule has 0 aliphatic heterocycles. The molecule has 0 unspecified atom stereocenters. The normalized spacial score (nSPS) is 11.3. The van der Waals surface area contributed by atoms with Gasteiger partial charge in [-0.15, -0.1) is 0 Å². The molecule has 0 atom stereocenters. The molecule has 0 spiro atoms. The van der Waals surface area contributed by atoms with Crippen molar-refractivity contribution in [3.8, 4) is 0 Å². The van der Waals surface area contributed by atoms with E-state index in [4.69, 9.17) is 0 Å². The lowest BCUT2D eigenvalue weighted by Crippen LogP contribution is -2.39. The van der Waals surface area contributed by atoms with Gasteiger partial charge in [-0.1, -0.05) is 30.3 Å². The summed E-state index contributed by atoms with van der Waals surface area (Å²) in [6.45, 7) is 5.17. The first-order chi connectivity index (χ1) is 9.61. The number of nitrogens with zero attached hydrogens (tertiary/aromatic N) is 1. The summed E-state index contributed by atoms with van der Waals surface area (Å²) in [6, 6.07) is 10.3. The Labute approximate surface area is 120 Å². The van der Waals surface area contributed by atoms with Crippen molar-refractivity contribution in [1.29, 1.82) is 0 Å². The topological polar surface area (TPSA) is 65.5 Å². The minimum absolute atomic E-state index is 0.0472. The van der Waals surface area contributed by atoms with Gasteiger partial charge in [0.25, 0.3) is 0 Å². The maximum Gasteiger partial charge on any atom is 0.221 e. The molecule has 1 amide bonds. The Hall–Kier alpha value is -2.04. The fraction of sp³-hybridized carbons (Fsp3) is 0.467. The van der Waals surface area contributed by atoms with Crippen molar-refractivity contribution >= 4 is 11.9 Å². The Morgan fingerprint density at radius 1 is 1.20 bits per heavy atom. The lowest BCUT2D eigenvalue weighted by atomic mass is 10.2. The average Bonchev–Trinajstić information content (AvgIpc) is 2.43. The van der Waals surface area contributed by atoms with Crippen LogP contribution in [0.25, 0.3) is 0 Å². The van der Waals surface area contributed by atoms with E-state index in [9.17, 15) is 4.79 Å². The number of hydrogen-bond donors (Lipinski definition) is 3. The third kappa shape index (κ3) is 6.78. The molecule has 110 valence electrons. The summed E-state index contributed by atoms with van der Waals surface area (Å²) in [5, 5.41) is 9.18. The van der Waals surface area contributed by atoms with Crippen molar-refractivity contribution in [2.45, 2.75) is 32.9 Å². The minimum Gasteiger partial charge on any atom is -0.356 e. The second-order valence-electron chi connectivity index (χ2n) is 4.81. The van der Waals surface area contributed by atoms with E-state index < -0.39 is 0 Å². The van der Waals surface area contributed by atoms with Crippen molar-refractivity contribution in [3.63, 3.8) is 0 Å². The highest BCUT2D eigenvalue weighted by Crippen LogP contribution is 1.96. The van der Waals surface area contributed by atoms with E-state index in [0.29, 0.717) is 25.5 Å². The van der Waals surface area contributed by atoms with Crippen LogP contribution in [0.4, 0.5) is 0 Å². The van der Waals surface area contributed by atoms with Crippen LogP contribution < -0.4 is 16.0 Å². The molecule has 1 aromatic carbocycles. The van der Waals surface area contributed by atoms with Gasteiger partial charge in [-0.05, 0) is 19.4 Å². The number of nitrogens with one attached hydrogen (secondary N) is 3. The molecule has 1 rings (SSSR count). The molecule has 3 N–H and O–H groups in total. The zero-order valence-corrected chi connectivity index (χ0v) is 12.4. The van der Waals surface area contributed by atoms with Gasteiger partial charge < -0.3 is 16.0 Å². The van der Waals surface area contributed by atoms with Crippen LogP contribution in [0.1, 0.15) is 25.8 Å². The van der Waals surface area contributed by atoms with E-state index in [1.807, 2.05) is 32.0 Å². The van der Waals surface area contributed by atoms with Crippen LogP contribution in [-0.4, -0.2) is 31.5 Å². The quantitative estimate of drug-likeness (QED) is 0.541. The van der Waals surface area contributed by atoms with Gasteiger partial charge in [0.2, 0.25) is 5.91 Å². The second kappa shape index (κ2) is 8.96. The summed E-state index contributed by atoms with van der Waals surface area (Å²) in [4.78, 5) is 15.6. The van der Waals surface area contributed by atoms with Crippen LogP contribution in [0.3, 0.4) is 0 Å². The Morgan fingerprint density at radius 3 is 2.50 bits per heavy atom. The van der Waals surface area contributed by atoms with E-state index in [1.165, 1.54) is 5.56 Å². The lowest BCUT2D eigenvalue weighted by Gasteiger charge is -2.12. The molecular weight excluding hydrogens is 252 g/mol. The largest absolute Gasteiger partial charge is 0.356 e. The Bertz CT molecular complexity index is 429. The number of rotatable bonds is 6. The molecule has 0 aliphatic carbocycles. The van der Waals surface area contributed by atoms with Crippen molar-refractivity contribution in [1.82, 2.24) is 16.0 Å². The molecule has 0 radical (unpaired) electrons. The van der Waals surface area contributed by atoms with Crippen molar-refractivity contribution in [2.24, 2.45) is 4.99 Å². The van der Waals surface area contributed by atoms with Crippen LogP contribution in [0, 0.1) is 0 Å². The standard InChI is InChI=1S/C15H24N4O/c1-12(2)19-14(20)9-10-17-15(16-3)18-11-13-7-5-4-6-8-13/h4-8,12H,9-11H2,1-3H3,(H,19,20)(H2,16,17,18).